The number of hydrogen-bond donors (Lipinski definition) is 1. The number of nitrogens with one attached hydrogen (secondary N) is 1. The van der Waals surface area contributed by atoms with E-state index in [0.717, 1.165) is 43.8 Å². The second-order valence-electron chi connectivity index (χ2n) is 10.2. The van der Waals surface area contributed by atoms with Crippen molar-refractivity contribution in [2.45, 2.75) is 37.8 Å². The molecule has 2 fully saturated rings. The van der Waals surface area contributed by atoms with Crippen molar-refractivity contribution in [2.75, 3.05) is 38.2 Å². The minimum atomic E-state index is -4.52. The van der Waals surface area contributed by atoms with Gasteiger partial charge in [0, 0.05) is 49.6 Å². The summed E-state index contributed by atoms with van der Waals surface area (Å²) < 4.78 is 52.9. The number of likely N-dealkylation sites (tertiary alicyclic amines) is 1. The van der Waals surface area contributed by atoms with Crippen molar-refractivity contribution < 1.29 is 22.6 Å². The van der Waals surface area contributed by atoms with Gasteiger partial charge in [0.25, 0.3) is 0 Å². The van der Waals surface area contributed by atoms with E-state index in [1.54, 1.807) is 18.2 Å². The molecule has 2 aromatic carbocycles. The van der Waals surface area contributed by atoms with E-state index in [9.17, 15) is 13.2 Å². The fraction of sp³-hybridized carbons (Fsp3) is 0.367. The molecule has 0 saturated carbocycles. The molecule has 1 spiro atoms. The second kappa shape index (κ2) is 11.1. The summed E-state index contributed by atoms with van der Waals surface area (Å²) in [5.41, 5.74) is 1.23. The third-order valence-electron chi connectivity index (χ3n) is 7.48. The maximum atomic E-state index is 13.7. The van der Waals surface area contributed by atoms with E-state index in [0.29, 0.717) is 49.0 Å². The Bertz CT molecular complexity index is 1470. The first-order valence-electron chi connectivity index (χ1n) is 13.5. The number of benzene rings is 2. The number of ether oxygens (including phenoxy) is 2. The van der Waals surface area contributed by atoms with E-state index in [1.165, 1.54) is 17.8 Å². The van der Waals surface area contributed by atoms with E-state index in [2.05, 4.69) is 27.3 Å². The van der Waals surface area contributed by atoms with Crippen molar-refractivity contribution >= 4 is 16.7 Å². The molecule has 1 N–H and O–H groups in total. The Morgan fingerprint density at radius 3 is 2.45 bits per heavy atom. The van der Waals surface area contributed by atoms with Gasteiger partial charge in [-0.25, -0.2) is 9.97 Å². The van der Waals surface area contributed by atoms with Crippen LogP contribution in [0.3, 0.4) is 0 Å². The lowest BCUT2D eigenvalue weighted by molar-refractivity contribution is -0.185. The van der Waals surface area contributed by atoms with Gasteiger partial charge in [0.1, 0.15) is 11.6 Å². The fourth-order valence-corrected chi connectivity index (χ4v) is 5.40. The van der Waals surface area contributed by atoms with Gasteiger partial charge < -0.3 is 14.8 Å². The normalized spacial score (nSPS) is 17.5. The Morgan fingerprint density at radius 1 is 0.925 bits per heavy atom. The lowest BCUT2D eigenvalue weighted by Gasteiger charge is -2.37. The topological polar surface area (TPSA) is 72.4 Å². The molecule has 6 rings (SSSR count). The Labute approximate surface area is 230 Å². The lowest BCUT2D eigenvalue weighted by Crippen LogP contribution is -2.44. The molecule has 2 saturated heterocycles. The number of piperidine rings is 1. The van der Waals surface area contributed by atoms with Crippen molar-refractivity contribution in [2.24, 2.45) is 0 Å². The van der Waals surface area contributed by atoms with Crippen LogP contribution in [-0.2, 0) is 28.6 Å². The molecule has 0 unspecified atom stereocenters. The summed E-state index contributed by atoms with van der Waals surface area (Å²) in [4.78, 5) is 16.0. The number of rotatable bonds is 7. The van der Waals surface area contributed by atoms with E-state index < -0.39 is 17.5 Å². The molecule has 4 heterocycles. The SMILES string of the molecule is FC(F)(F)c1cccnc1-c1ccc2c(NCCc3ccccc3)nc(CN3CCC4(CC3)OCCO4)nc2c1. The third-order valence-corrected chi connectivity index (χ3v) is 7.48. The van der Waals surface area contributed by atoms with Crippen LogP contribution >= 0.6 is 0 Å². The zero-order valence-corrected chi connectivity index (χ0v) is 22.0. The van der Waals surface area contributed by atoms with Crippen LogP contribution in [0.15, 0.2) is 66.9 Å². The number of halogens is 3. The molecule has 0 amide bonds. The molecule has 0 radical (unpaired) electrons. The van der Waals surface area contributed by atoms with Gasteiger partial charge in [0.15, 0.2) is 5.79 Å². The standard InChI is InChI=1S/C30H30F3N5O2/c31-30(32,33)24-7-4-13-34-27(24)22-8-9-23-25(19-22)36-26(20-38-15-11-29(12-16-38)39-17-18-40-29)37-28(23)35-14-10-21-5-2-1-3-6-21/h1-9,13,19H,10-12,14-18,20H2,(H,35,36,37). The highest BCUT2D eigenvalue weighted by Gasteiger charge is 2.40. The number of fused-ring (bicyclic) bond motifs is 1. The Hall–Kier alpha value is -3.60. The summed E-state index contributed by atoms with van der Waals surface area (Å²) in [7, 11) is 0. The number of anilines is 1. The van der Waals surface area contributed by atoms with Crippen molar-refractivity contribution in [3.05, 3.63) is 83.8 Å². The minimum Gasteiger partial charge on any atom is -0.369 e. The molecule has 10 heteroatoms. The summed E-state index contributed by atoms with van der Waals surface area (Å²) in [5, 5.41) is 4.19. The smallest absolute Gasteiger partial charge is 0.369 e. The second-order valence-corrected chi connectivity index (χ2v) is 10.2. The van der Waals surface area contributed by atoms with Gasteiger partial charge in [-0.05, 0) is 36.2 Å². The molecule has 0 bridgehead atoms. The molecule has 208 valence electrons. The number of nitrogens with zero attached hydrogens (tertiary/aromatic N) is 4. The van der Waals surface area contributed by atoms with Crippen LogP contribution in [0.4, 0.5) is 19.0 Å². The zero-order chi connectivity index (χ0) is 27.6. The van der Waals surface area contributed by atoms with Crippen LogP contribution in [0, 0.1) is 0 Å². The Morgan fingerprint density at radius 2 is 1.70 bits per heavy atom. The summed E-state index contributed by atoms with van der Waals surface area (Å²) in [6.07, 6.45) is -0.800. The summed E-state index contributed by atoms with van der Waals surface area (Å²) in [6, 6.07) is 17.6. The molecule has 2 aliphatic heterocycles. The molecule has 40 heavy (non-hydrogen) atoms. The van der Waals surface area contributed by atoms with Gasteiger partial charge in [-0.15, -0.1) is 0 Å². The predicted molar refractivity (Wildman–Crippen MR) is 146 cm³/mol. The first-order valence-corrected chi connectivity index (χ1v) is 13.5. The van der Waals surface area contributed by atoms with Crippen molar-refractivity contribution in [1.82, 2.24) is 19.9 Å². The largest absolute Gasteiger partial charge is 0.418 e. The molecule has 4 aromatic rings. The number of pyridine rings is 1. The monoisotopic (exact) mass is 549 g/mol. The average molecular weight is 550 g/mol. The first-order chi connectivity index (χ1) is 19.4. The van der Waals surface area contributed by atoms with Gasteiger partial charge in [0.2, 0.25) is 0 Å². The van der Waals surface area contributed by atoms with E-state index in [1.807, 2.05) is 18.2 Å². The van der Waals surface area contributed by atoms with Crippen molar-refractivity contribution in [1.29, 1.82) is 0 Å². The Balaban J connectivity index is 1.30. The summed E-state index contributed by atoms with van der Waals surface area (Å²) >= 11 is 0. The molecule has 2 aromatic heterocycles. The molecular formula is C30H30F3N5O2. The van der Waals surface area contributed by atoms with Gasteiger partial charge >= 0.3 is 6.18 Å². The number of alkyl halides is 3. The molecule has 7 nitrogen and oxygen atoms in total. The van der Waals surface area contributed by atoms with Crippen LogP contribution < -0.4 is 5.32 Å². The number of aromatic nitrogens is 3. The van der Waals surface area contributed by atoms with Crippen LogP contribution in [0.1, 0.15) is 29.8 Å². The van der Waals surface area contributed by atoms with E-state index in [-0.39, 0.29) is 5.69 Å². The predicted octanol–water partition coefficient (Wildman–Crippen LogP) is 5.70. The third kappa shape index (κ3) is 5.79. The number of hydrogen-bond acceptors (Lipinski definition) is 7. The average Bonchev–Trinajstić information content (AvgIpc) is 3.42. The molecule has 0 aliphatic carbocycles. The van der Waals surface area contributed by atoms with Crippen LogP contribution in [0.2, 0.25) is 0 Å². The fourth-order valence-electron chi connectivity index (χ4n) is 5.40. The highest BCUT2D eigenvalue weighted by molar-refractivity contribution is 5.92. The maximum absolute atomic E-state index is 13.7. The van der Waals surface area contributed by atoms with Gasteiger partial charge in [-0.3, -0.25) is 9.88 Å². The van der Waals surface area contributed by atoms with E-state index >= 15 is 0 Å². The van der Waals surface area contributed by atoms with Gasteiger partial charge in [-0.1, -0.05) is 36.4 Å². The maximum Gasteiger partial charge on any atom is 0.418 e. The van der Waals surface area contributed by atoms with Crippen LogP contribution in [0.25, 0.3) is 22.2 Å². The lowest BCUT2D eigenvalue weighted by atomic mass is 10.0. The summed E-state index contributed by atoms with van der Waals surface area (Å²) in [5.74, 6) is 0.794. The first kappa shape index (κ1) is 26.6. The Kier molecular flexibility index (Phi) is 7.39. The zero-order valence-electron chi connectivity index (χ0n) is 22.0. The van der Waals surface area contributed by atoms with Crippen molar-refractivity contribution in [3.63, 3.8) is 0 Å². The van der Waals surface area contributed by atoms with E-state index in [4.69, 9.17) is 19.4 Å². The highest BCUT2D eigenvalue weighted by atomic mass is 19.4. The molecule has 2 aliphatic rings. The molecule has 0 atom stereocenters. The van der Waals surface area contributed by atoms with Gasteiger partial charge in [0.05, 0.1) is 36.5 Å². The van der Waals surface area contributed by atoms with Crippen LogP contribution in [0.5, 0.6) is 0 Å². The highest BCUT2D eigenvalue weighted by Crippen LogP contribution is 2.37. The van der Waals surface area contributed by atoms with Crippen molar-refractivity contribution in [3.8, 4) is 11.3 Å². The van der Waals surface area contributed by atoms with Crippen LogP contribution in [-0.4, -0.2) is 58.5 Å². The quantitative estimate of drug-likeness (QED) is 0.317. The molecular weight excluding hydrogens is 519 g/mol. The minimum absolute atomic E-state index is 0.117. The summed E-state index contributed by atoms with van der Waals surface area (Å²) in [6.45, 7) is 3.97. The van der Waals surface area contributed by atoms with Gasteiger partial charge in [-0.2, -0.15) is 13.2 Å².